The molecule has 0 saturated carbocycles. The zero-order valence-corrected chi connectivity index (χ0v) is 22.3. The minimum Gasteiger partial charge on any atom is -0.494 e. The van der Waals surface area contributed by atoms with Gasteiger partial charge in [-0.1, -0.05) is 49.6 Å². The number of esters is 2. The van der Waals surface area contributed by atoms with Crippen LogP contribution in [0, 0.1) is 0 Å². The number of carbonyl (C=O) groups is 2. The third-order valence-corrected chi connectivity index (χ3v) is 5.67. The van der Waals surface area contributed by atoms with E-state index < -0.39 is 0 Å². The second kappa shape index (κ2) is 19.3. The summed E-state index contributed by atoms with van der Waals surface area (Å²) in [5.74, 6) is 0.994. The monoisotopic (exact) mass is 520 g/mol. The first kappa shape index (κ1) is 30.4. The standard InChI is InChI=1S/C32H40O6/c1-3-31(33)37-25-11-7-5-9-23-35-29-19-15-27(16-20-29)13-14-28-17-21-30(22-18-28)36-24-10-6-8-12-26-38-32(34)4-2/h3-4,13-22H,1-2,5-12,23-26H2/b14-13+. The second-order valence-electron chi connectivity index (χ2n) is 8.74. The Kier molecular flexibility index (Phi) is 15.5. The Morgan fingerprint density at radius 2 is 0.868 bits per heavy atom. The van der Waals surface area contributed by atoms with Crippen LogP contribution in [0.2, 0.25) is 0 Å². The van der Waals surface area contributed by atoms with Crippen molar-refractivity contribution in [2.75, 3.05) is 26.4 Å². The molecule has 0 bridgehead atoms. The van der Waals surface area contributed by atoms with Crippen molar-refractivity contribution in [3.63, 3.8) is 0 Å². The molecule has 0 spiro atoms. The molecule has 0 aliphatic carbocycles. The fraction of sp³-hybridized carbons (Fsp3) is 0.375. The highest BCUT2D eigenvalue weighted by Crippen LogP contribution is 2.17. The van der Waals surface area contributed by atoms with E-state index in [1.165, 1.54) is 12.2 Å². The van der Waals surface area contributed by atoms with Gasteiger partial charge in [0.1, 0.15) is 11.5 Å². The number of ether oxygens (including phenoxy) is 4. The van der Waals surface area contributed by atoms with E-state index in [2.05, 4.69) is 25.3 Å². The van der Waals surface area contributed by atoms with Crippen LogP contribution >= 0.6 is 0 Å². The van der Waals surface area contributed by atoms with E-state index >= 15 is 0 Å². The Balaban J connectivity index is 1.57. The van der Waals surface area contributed by atoms with Crippen molar-refractivity contribution in [1.82, 2.24) is 0 Å². The molecule has 6 nitrogen and oxygen atoms in total. The third-order valence-electron chi connectivity index (χ3n) is 5.67. The van der Waals surface area contributed by atoms with Crippen LogP contribution in [0.1, 0.15) is 62.5 Å². The van der Waals surface area contributed by atoms with Crippen molar-refractivity contribution in [1.29, 1.82) is 0 Å². The van der Waals surface area contributed by atoms with Gasteiger partial charge in [0.2, 0.25) is 0 Å². The van der Waals surface area contributed by atoms with Crippen molar-refractivity contribution >= 4 is 24.1 Å². The van der Waals surface area contributed by atoms with Crippen molar-refractivity contribution in [2.24, 2.45) is 0 Å². The lowest BCUT2D eigenvalue weighted by molar-refractivity contribution is -0.138. The minimum absolute atomic E-state index is 0.364. The van der Waals surface area contributed by atoms with E-state index in [-0.39, 0.29) is 11.9 Å². The van der Waals surface area contributed by atoms with E-state index in [9.17, 15) is 9.59 Å². The van der Waals surface area contributed by atoms with E-state index in [4.69, 9.17) is 18.9 Å². The molecule has 0 aromatic heterocycles. The average molecular weight is 521 g/mol. The second-order valence-corrected chi connectivity index (χ2v) is 8.74. The Bertz CT molecular complexity index is 910. The Hall–Kier alpha value is -3.80. The molecule has 0 N–H and O–H groups in total. The quantitative estimate of drug-likeness (QED) is 0.0796. The highest BCUT2D eigenvalue weighted by atomic mass is 16.5. The zero-order chi connectivity index (χ0) is 27.3. The molecule has 0 aliphatic heterocycles. The van der Waals surface area contributed by atoms with Crippen molar-refractivity contribution in [2.45, 2.75) is 51.4 Å². The Labute approximate surface area is 226 Å². The van der Waals surface area contributed by atoms with Crippen molar-refractivity contribution < 1.29 is 28.5 Å². The van der Waals surface area contributed by atoms with E-state index in [0.717, 1.165) is 74.0 Å². The normalized spacial score (nSPS) is 10.6. The van der Waals surface area contributed by atoms with Gasteiger partial charge < -0.3 is 18.9 Å². The van der Waals surface area contributed by atoms with Crippen molar-refractivity contribution in [3.8, 4) is 11.5 Å². The summed E-state index contributed by atoms with van der Waals surface area (Å²) in [6.45, 7) is 8.98. The molecule has 0 aliphatic rings. The first-order valence-electron chi connectivity index (χ1n) is 13.3. The predicted molar refractivity (Wildman–Crippen MR) is 152 cm³/mol. The maximum atomic E-state index is 11.0. The predicted octanol–water partition coefficient (Wildman–Crippen LogP) is 7.19. The molecule has 0 fully saturated rings. The molecule has 0 heterocycles. The van der Waals surface area contributed by atoms with Crippen LogP contribution in [0.15, 0.2) is 73.8 Å². The molecule has 2 aromatic carbocycles. The molecule has 204 valence electrons. The first-order valence-corrected chi connectivity index (χ1v) is 13.3. The maximum absolute atomic E-state index is 11.0. The van der Waals surface area contributed by atoms with Crippen LogP contribution < -0.4 is 9.47 Å². The number of carbonyl (C=O) groups excluding carboxylic acids is 2. The van der Waals surface area contributed by atoms with Crippen LogP contribution in [0.3, 0.4) is 0 Å². The third kappa shape index (κ3) is 14.1. The van der Waals surface area contributed by atoms with Gasteiger partial charge in [0.05, 0.1) is 26.4 Å². The van der Waals surface area contributed by atoms with E-state index in [1.54, 1.807) is 0 Å². The highest BCUT2D eigenvalue weighted by Gasteiger charge is 1.99. The minimum atomic E-state index is -0.364. The first-order chi connectivity index (χ1) is 18.6. The van der Waals surface area contributed by atoms with Gasteiger partial charge in [-0.2, -0.15) is 0 Å². The number of benzene rings is 2. The highest BCUT2D eigenvalue weighted by molar-refractivity contribution is 5.81. The lowest BCUT2D eigenvalue weighted by atomic mass is 10.1. The number of hydrogen-bond acceptors (Lipinski definition) is 6. The Morgan fingerprint density at radius 1 is 0.526 bits per heavy atom. The van der Waals surface area contributed by atoms with E-state index in [0.29, 0.717) is 26.4 Å². The molecule has 0 atom stereocenters. The lowest BCUT2D eigenvalue weighted by Gasteiger charge is -2.07. The summed E-state index contributed by atoms with van der Waals surface area (Å²) in [4.78, 5) is 21.9. The lowest BCUT2D eigenvalue weighted by Crippen LogP contribution is -2.02. The molecule has 0 saturated heterocycles. The van der Waals surface area contributed by atoms with Crippen LogP contribution in [-0.4, -0.2) is 38.4 Å². The topological polar surface area (TPSA) is 71.1 Å². The molecule has 6 heteroatoms. The van der Waals surface area contributed by atoms with Gasteiger partial charge in [-0.05, 0) is 86.8 Å². The summed E-state index contributed by atoms with van der Waals surface area (Å²) in [5, 5.41) is 0. The summed E-state index contributed by atoms with van der Waals surface area (Å²) in [6, 6.07) is 16.1. The Morgan fingerprint density at radius 3 is 1.21 bits per heavy atom. The van der Waals surface area contributed by atoms with Gasteiger partial charge in [-0.3, -0.25) is 0 Å². The summed E-state index contributed by atoms with van der Waals surface area (Å²) in [5.41, 5.74) is 2.21. The van der Waals surface area contributed by atoms with Crippen LogP contribution in [-0.2, 0) is 19.1 Å². The summed E-state index contributed by atoms with van der Waals surface area (Å²) >= 11 is 0. The van der Waals surface area contributed by atoms with Crippen LogP contribution in [0.25, 0.3) is 12.2 Å². The fourth-order valence-corrected chi connectivity index (χ4v) is 3.50. The molecular weight excluding hydrogens is 480 g/mol. The number of hydrogen-bond donors (Lipinski definition) is 0. The molecule has 0 radical (unpaired) electrons. The van der Waals surface area contributed by atoms with Crippen LogP contribution in [0.4, 0.5) is 0 Å². The van der Waals surface area contributed by atoms with Gasteiger partial charge >= 0.3 is 11.9 Å². The van der Waals surface area contributed by atoms with Crippen molar-refractivity contribution in [3.05, 3.63) is 85.0 Å². The molecule has 0 amide bonds. The zero-order valence-electron chi connectivity index (χ0n) is 22.3. The summed E-state index contributed by atoms with van der Waals surface area (Å²) in [6.07, 6.45) is 14.2. The number of unbranched alkanes of at least 4 members (excludes halogenated alkanes) is 6. The van der Waals surface area contributed by atoms with E-state index in [1.807, 2.05) is 48.5 Å². The molecule has 38 heavy (non-hydrogen) atoms. The molecule has 2 aromatic rings. The van der Waals surface area contributed by atoms with Gasteiger partial charge in [0.15, 0.2) is 0 Å². The van der Waals surface area contributed by atoms with Crippen LogP contribution in [0.5, 0.6) is 11.5 Å². The van der Waals surface area contributed by atoms with Gasteiger partial charge in [-0.15, -0.1) is 0 Å². The van der Waals surface area contributed by atoms with Gasteiger partial charge in [0, 0.05) is 12.2 Å². The summed E-state index contributed by atoms with van der Waals surface area (Å²) < 4.78 is 21.6. The summed E-state index contributed by atoms with van der Waals surface area (Å²) in [7, 11) is 0. The molecule has 2 rings (SSSR count). The average Bonchev–Trinajstić information content (AvgIpc) is 2.95. The molecule has 0 unspecified atom stereocenters. The van der Waals surface area contributed by atoms with Gasteiger partial charge in [-0.25, -0.2) is 9.59 Å². The smallest absolute Gasteiger partial charge is 0.330 e. The fourth-order valence-electron chi connectivity index (χ4n) is 3.50. The maximum Gasteiger partial charge on any atom is 0.330 e. The molecular formula is C32H40O6. The largest absolute Gasteiger partial charge is 0.494 e. The number of rotatable bonds is 20. The van der Waals surface area contributed by atoms with Gasteiger partial charge in [0.25, 0.3) is 0 Å². The SMILES string of the molecule is C=CC(=O)OCCCCCCOc1ccc(/C=C/c2ccc(OCCCCCCOC(=O)C=C)cc2)cc1.